The molecule has 3 aliphatic carbocycles. The maximum atomic E-state index is 7.30. The number of furan rings is 1. The van der Waals surface area contributed by atoms with Crippen LogP contribution < -0.4 is 4.90 Å². The first-order valence-corrected chi connectivity index (χ1v) is 24.5. The second-order valence-electron chi connectivity index (χ2n) is 19.9. The summed E-state index contributed by atoms with van der Waals surface area (Å²) in [5, 5.41) is 4.59. The van der Waals surface area contributed by atoms with Crippen LogP contribution in [0.1, 0.15) is 47.2 Å². The molecule has 328 valence electrons. The zero-order chi connectivity index (χ0) is 46.3. The molecule has 0 N–H and O–H groups in total. The van der Waals surface area contributed by atoms with Crippen LogP contribution in [0.4, 0.5) is 17.1 Å². The van der Waals surface area contributed by atoms with Gasteiger partial charge in [0.15, 0.2) is 0 Å². The van der Waals surface area contributed by atoms with Gasteiger partial charge in [-0.2, -0.15) is 0 Å². The van der Waals surface area contributed by atoms with Gasteiger partial charge in [-0.05, 0) is 131 Å². The fourth-order valence-electron chi connectivity index (χ4n) is 13.0. The van der Waals surface area contributed by atoms with Gasteiger partial charge in [0.2, 0.25) is 0 Å². The van der Waals surface area contributed by atoms with Crippen molar-refractivity contribution in [3.8, 4) is 55.6 Å². The molecule has 0 atom stereocenters. The molecule has 1 heterocycles. The number of hydrogen-bond acceptors (Lipinski definition) is 2. The molecule has 0 fully saturated rings. The summed E-state index contributed by atoms with van der Waals surface area (Å²) in [6, 6.07) is 87.8. The van der Waals surface area contributed by atoms with Crippen molar-refractivity contribution in [1.29, 1.82) is 0 Å². The van der Waals surface area contributed by atoms with Crippen LogP contribution in [0, 0.1) is 0 Å². The molecule has 1 aromatic heterocycles. The van der Waals surface area contributed by atoms with Gasteiger partial charge in [0, 0.05) is 44.8 Å². The van der Waals surface area contributed by atoms with E-state index in [1.165, 1.54) is 83.1 Å². The molecule has 0 radical (unpaired) electrons. The lowest BCUT2D eigenvalue weighted by Crippen LogP contribution is -2.26. The van der Waals surface area contributed by atoms with Gasteiger partial charge in [-0.15, -0.1) is 0 Å². The van der Waals surface area contributed by atoms with E-state index >= 15 is 0 Å². The summed E-state index contributed by atoms with van der Waals surface area (Å²) < 4.78 is 7.30. The Bertz CT molecular complexity index is 4110. The van der Waals surface area contributed by atoms with Crippen molar-refractivity contribution in [2.75, 3.05) is 4.90 Å². The van der Waals surface area contributed by atoms with Crippen molar-refractivity contribution in [1.82, 2.24) is 0 Å². The van der Waals surface area contributed by atoms with Crippen LogP contribution in [-0.2, 0) is 10.8 Å². The molecule has 15 rings (SSSR count). The van der Waals surface area contributed by atoms with Crippen molar-refractivity contribution >= 4 is 49.8 Å². The van der Waals surface area contributed by atoms with Crippen LogP contribution in [0.15, 0.2) is 241 Å². The summed E-state index contributed by atoms with van der Waals surface area (Å²) in [5.41, 5.74) is 24.8. The number of hydrogen-bond donors (Lipinski definition) is 0. The number of para-hydroxylation sites is 1. The Balaban J connectivity index is 0.969. The summed E-state index contributed by atoms with van der Waals surface area (Å²) in [4.78, 5) is 2.45. The zero-order valence-electron chi connectivity index (χ0n) is 38.9. The predicted molar refractivity (Wildman–Crippen MR) is 291 cm³/mol. The van der Waals surface area contributed by atoms with Gasteiger partial charge < -0.3 is 9.32 Å². The molecule has 1 spiro atoms. The van der Waals surface area contributed by atoms with Crippen LogP contribution in [0.2, 0.25) is 0 Å². The second-order valence-corrected chi connectivity index (χ2v) is 19.9. The molecule has 0 saturated carbocycles. The SMILES string of the molecule is CC1(C)c2ccccc2-c2ccc(-c3c4ccccc4cc4c3oc3cc(N(c5ccc6c(c5)C5(c7ccccc7-c7ccccc75)c5ccccc5-6)c5ccccc5-c5ccccc5)ccc34)cc21. The summed E-state index contributed by atoms with van der Waals surface area (Å²) in [6.45, 7) is 4.71. The van der Waals surface area contributed by atoms with E-state index in [0.29, 0.717) is 0 Å². The fourth-order valence-corrected chi connectivity index (χ4v) is 13.0. The quantitative estimate of drug-likeness (QED) is 0.171. The molecular weight excluding hydrogens is 847 g/mol. The summed E-state index contributed by atoms with van der Waals surface area (Å²) in [6.07, 6.45) is 0. The van der Waals surface area contributed by atoms with Crippen molar-refractivity contribution in [2.45, 2.75) is 24.7 Å². The summed E-state index contributed by atoms with van der Waals surface area (Å²) >= 11 is 0. The number of fused-ring (bicyclic) bond motifs is 17. The lowest BCUT2D eigenvalue weighted by atomic mass is 9.70. The van der Waals surface area contributed by atoms with E-state index in [4.69, 9.17) is 4.42 Å². The topological polar surface area (TPSA) is 16.4 Å². The first kappa shape index (κ1) is 39.3. The van der Waals surface area contributed by atoms with Gasteiger partial charge in [-0.1, -0.05) is 202 Å². The molecule has 0 bridgehead atoms. The van der Waals surface area contributed by atoms with Crippen LogP contribution in [0.25, 0.3) is 88.3 Å². The minimum atomic E-state index is -0.476. The minimum Gasteiger partial charge on any atom is -0.455 e. The third kappa shape index (κ3) is 5.23. The minimum absolute atomic E-state index is 0.127. The van der Waals surface area contributed by atoms with E-state index in [2.05, 4.69) is 255 Å². The molecule has 12 aromatic rings. The number of anilines is 3. The molecule has 0 unspecified atom stereocenters. The van der Waals surface area contributed by atoms with Crippen LogP contribution in [0.3, 0.4) is 0 Å². The third-order valence-electron chi connectivity index (χ3n) is 16.1. The molecule has 70 heavy (non-hydrogen) atoms. The van der Waals surface area contributed by atoms with Crippen molar-refractivity contribution in [2.24, 2.45) is 0 Å². The van der Waals surface area contributed by atoms with Crippen molar-refractivity contribution in [3.05, 3.63) is 270 Å². The van der Waals surface area contributed by atoms with Gasteiger partial charge in [0.05, 0.1) is 11.1 Å². The number of rotatable bonds is 5. The molecule has 0 aliphatic heterocycles. The zero-order valence-corrected chi connectivity index (χ0v) is 38.9. The Morgan fingerprint density at radius 3 is 1.59 bits per heavy atom. The highest BCUT2D eigenvalue weighted by Crippen LogP contribution is 2.63. The molecule has 2 nitrogen and oxygen atoms in total. The van der Waals surface area contributed by atoms with Gasteiger partial charge in [0.1, 0.15) is 11.2 Å². The predicted octanol–water partition coefficient (Wildman–Crippen LogP) is 18.2. The Labute approximate surface area is 407 Å². The number of benzene rings is 11. The average molecular weight is 892 g/mol. The number of nitrogens with zero attached hydrogens (tertiary/aromatic N) is 1. The Morgan fingerprint density at radius 2 is 0.871 bits per heavy atom. The van der Waals surface area contributed by atoms with E-state index in [-0.39, 0.29) is 5.41 Å². The standard InChI is InChI=1S/C68H45NO/c1-67(2)57-27-13-8-23-49(57)53-35-32-44(39-61(53)67)65-48-22-7-6-20-43(48)38-56-55-37-34-46(41-64(55)70-66(56)65)69(63-31-17-12-21-47(63)42-18-4-3-5-19-42)45-33-36-54-52-26-11-16-30-60(52)68(62(54)40-45)58-28-14-9-24-50(58)51-25-10-15-29-59(51)68/h3-41H,1-2H3. The maximum absolute atomic E-state index is 7.30. The van der Waals surface area contributed by atoms with Crippen LogP contribution in [0.5, 0.6) is 0 Å². The van der Waals surface area contributed by atoms with E-state index < -0.39 is 5.41 Å². The van der Waals surface area contributed by atoms with E-state index in [9.17, 15) is 0 Å². The van der Waals surface area contributed by atoms with Gasteiger partial charge in [-0.3, -0.25) is 0 Å². The molecular formula is C68H45NO. The fraction of sp³-hybridized carbons (Fsp3) is 0.0588. The van der Waals surface area contributed by atoms with Crippen LogP contribution >= 0.6 is 0 Å². The highest BCUT2D eigenvalue weighted by molar-refractivity contribution is 6.19. The lowest BCUT2D eigenvalue weighted by molar-refractivity contribution is 0.660. The first-order chi connectivity index (χ1) is 34.5. The third-order valence-corrected chi connectivity index (χ3v) is 16.1. The Kier molecular flexibility index (Phi) is 8.08. The molecule has 0 amide bonds. The molecule has 2 heteroatoms. The molecule has 11 aromatic carbocycles. The van der Waals surface area contributed by atoms with E-state index in [1.54, 1.807) is 0 Å². The molecule has 3 aliphatic rings. The van der Waals surface area contributed by atoms with Crippen LogP contribution in [-0.4, -0.2) is 0 Å². The van der Waals surface area contributed by atoms with Gasteiger partial charge in [0.25, 0.3) is 0 Å². The average Bonchev–Trinajstić information content (AvgIpc) is 4.10. The van der Waals surface area contributed by atoms with E-state index in [0.717, 1.165) is 55.7 Å². The van der Waals surface area contributed by atoms with E-state index in [1.807, 2.05) is 0 Å². The van der Waals surface area contributed by atoms with Gasteiger partial charge >= 0.3 is 0 Å². The largest absolute Gasteiger partial charge is 0.455 e. The normalized spacial score (nSPS) is 14.1. The van der Waals surface area contributed by atoms with Crippen molar-refractivity contribution < 1.29 is 4.42 Å². The Hall–Kier alpha value is -8.72. The summed E-state index contributed by atoms with van der Waals surface area (Å²) in [5.74, 6) is 0. The first-order valence-electron chi connectivity index (χ1n) is 24.5. The highest BCUT2D eigenvalue weighted by Gasteiger charge is 2.51. The Morgan fingerprint density at radius 1 is 0.343 bits per heavy atom. The highest BCUT2D eigenvalue weighted by atomic mass is 16.3. The second kappa shape index (κ2) is 14.4. The maximum Gasteiger partial charge on any atom is 0.143 e. The molecule has 0 saturated heterocycles. The monoisotopic (exact) mass is 891 g/mol. The van der Waals surface area contributed by atoms with Gasteiger partial charge in [-0.25, -0.2) is 0 Å². The smallest absolute Gasteiger partial charge is 0.143 e. The summed E-state index contributed by atoms with van der Waals surface area (Å²) in [7, 11) is 0. The van der Waals surface area contributed by atoms with Crippen molar-refractivity contribution in [3.63, 3.8) is 0 Å². The lowest BCUT2D eigenvalue weighted by Gasteiger charge is -2.32.